The van der Waals surface area contributed by atoms with Crippen LogP contribution < -0.4 is 11.2 Å². The number of hydrogen-bond donors (Lipinski definition) is 1. The van der Waals surface area contributed by atoms with E-state index < -0.39 is 5.69 Å². The van der Waals surface area contributed by atoms with Crippen molar-refractivity contribution in [1.82, 2.24) is 9.55 Å². The van der Waals surface area contributed by atoms with Crippen molar-refractivity contribution >= 4 is 22.5 Å². The number of benzene rings is 1. The highest BCUT2D eigenvalue weighted by Gasteiger charge is 2.05. The summed E-state index contributed by atoms with van der Waals surface area (Å²) < 4.78 is 1.11. The highest BCUT2D eigenvalue weighted by Crippen LogP contribution is 2.02. The topological polar surface area (TPSA) is 54.9 Å². The van der Waals surface area contributed by atoms with Crippen LogP contribution in [0, 0.1) is 0 Å². The molecule has 4 nitrogen and oxygen atoms in total. The molecule has 0 fully saturated rings. The molecule has 1 N–H and O–H groups in total. The lowest BCUT2D eigenvalue weighted by atomic mass is 10.2. The smallest absolute Gasteiger partial charge is 0.307 e. The van der Waals surface area contributed by atoms with Crippen LogP contribution in [0.15, 0.2) is 33.9 Å². The third kappa shape index (κ3) is 1.68. The van der Waals surface area contributed by atoms with Crippen molar-refractivity contribution in [1.29, 1.82) is 0 Å². The van der Waals surface area contributed by atoms with E-state index in [9.17, 15) is 9.59 Å². The summed E-state index contributed by atoms with van der Waals surface area (Å²) in [6, 6.07) is 6.90. The van der Waals surface area contributed by atoms with Crippen LogP contribution in [0.25, 0.3) is 10.9 Å². The Bertz CT molecular complexity index is 600. The van der Waals surface area contributed by atoms with Gasteiger partial charge >= 0.3 is 5.69 Å². The summed E-state index contributed by atoms with van der Waals surface area (Å²) in [5, 5.41) is 0.502. The largest absolute Gasteiger partial charge is 0.328 e. The highest BCUT2D eigenvalue weighted by molar-refractivity contribution is 6.17. The fourth-order valence-electron chi connectivity index (χ4n) is 1.49. The molecule has 2 aromatic rings. The average Bonchev–Trinajstić information content (AvgIpc) is 2.24. The zero-order valence-corrected chi connectivity index (χ0v) is 8.62. The number of fused-ring (bicyclic) bond motifs is 1. The standard InChI is InChI=1S/C10H9ClN2O2/c11-5-6-13-9(14)7-3-1-2-4-8(7)12-10(13)15/h1-4H,5-6H2,(H,12,15). The number of para-hydroxylation sites is 1. The number of rotatable bonds is 2. The van der Waals surface area contributed by atoms with Crippen molar-refractivity contribution in [2.45, 2.75) is 6.54 Å². The van der Waals surface area contributed by atoms with Crippen LogP contribution in [0.1, 0.15) is 0 Å². The van der Waals surface area contributed by atoms with Crippen LogP contribution >= 0.6 is 11.6 Å². The molecule has 0 saturated heterocycles. The number of H-pyrrole nitrogens is 1. The van der Waals surface area contributed by atoms with Gasteiger partial charge in [-0.05, 0) is 12.1 Å². The fraction of sp³-hybridized carbons (Fsp3) is 0.200. The zero-order valence-electron chi connectivity index (χ0n) is 7.87. The van der Waals surface area contributed by atoms with Crippen LogP contribution in [0.4, 0.5) is 0 Å². The molecule has 0 atom stereocenters. The Hall–Kier alpha value is -1.55. The second kappa shape index (κ2) is 3.90. The zero-order chi connectivity index (χ0) is 10.8. The van der Waals surface area contributed by atoms with E-state index in [0.29, 0.717) is 10.9 Å². The van der Waals surface area contributed by atoms with Gasteiger partial charge in [-0.15, -0.1) is 11.6 Å². The Morgan fingerprint density at radius 2 is 2.00 bits per heavy atom. The predicted octanol–water partition coefficient (Wildman–Crippen LogP) is 0.929. The molecule has 0 aliphatic rings. The quantitative estimate of drug-likeness (QED) is 0.772. The molecule has 1 aromatic heterocycles. The predicted molar refractivity (Wildman–Crippen MR) is 59.5 cm³/mol. The minimum absolute atomic E-state index is 0.223. The van der Waals surface area contributed by atoms with E-state index in [4.69, 9.17) is 11.6 Å². The Balaban J connectivity index is 2.85. The summed E-state index contributed by atoms with van der Waals surface area (Å²) in [6.07, 6.45) is 0. The number of nitrogens with zero attached hydrogens (tertiary/aromatic N) is 1. The fourth-order valence-corrected chi connectivity index (χ4v) is 1.66. The minimum Gasteiger partial charge on any atom is -0.307 e. The van der Waals surface area contributed by atoms with Gasteiger partial charge in [0.05, 0.1) is 10.9 Å². The Kier molecular flexibility index (Phi) is 2.60. The molecule has 0 amide bonds. The highest BCUT2D eigenvalue weighted by atomic mass is 35.5. The van der Waals surface area contributed by atoms with Crippen molar-refractivity contribution in [3.63, 3.8) is 0 Å². The lowest BCUT2D eigenvalue weighted by Gasteiger charge is -2.03. The molecule has 0 unspecified atom stereocenters. The van der Waals surface area contributed by atoms with E-state index in [1.807, 2.05) is 0 Å². The molecule has 0 bridgehead atoms. The first-order chi connectivity index (χ1) is 7.24. The molecular weight excluding hydrogens is 216 g/mol. The molecule has 0 radical (unpaired) electrons. The van der Waals surface area contributed by atoms with Crippen LogP contribution in [0.2, 0.25) is 0 Å². The molecule has 0 aliphatic carbocycles. The maximum atomic E-state index is 11.8. The number of aromatic nitrogens is 2. The molecule has 0 spiro atoms. The third-order valence-electron chi connectivity index (χ3n) is 2.20. The van der Waals surface area contributed by atoms with E-state index in [1.165, 1.54) is 0 Å². The average molecular weight is 225 g/mol. The summed E-state index contributed by atoms with van der Waals surface area (Å²) in [5.74, 6) is 0.237. The van der Waals surface area contributed by atoms with Gasteiger partial charge in [0.25, 0.3) is 5.56 Å². The van der Waals surface area contributed by atoms with E-state index in [1.54, 1.807) is 24.3 Å². The first kappa shape index (κ1) is 9.98. The Morgan fingerprint density at radius 1 is 1.27 bits per heavy atom. The van der Waals surface area contributed by atoms with Gasteiger partial charge in [-0.3, -0.25) is 9.36 Å². The number of halogens is 1. The third-order valence-corrected chi connectivity index (χ3v) is 2.37. The molecule has 1 aromatic carbocycles. The van der Waals surface area contributed by atoms with Crippen LogP contribution in [-0.4, -0.2) is 15.4 Å². The normalized spacial score (nSPS) is 10.7. The second-order valence-electron chi connectivity index (χ2n) is 3.12. The maximum Gasteiger partial charge on any atom is 0.328 e. The van der Waals surface area contributed by atoms with Gasteiger partial charge in [0.15, 0.2) is 0 Å². The Morgan fingerprint density at radius 3 is 2.73 bits per heavy atom. The van der Waals surface area contributed by atoms with Crippen LogP contribution in [0.3, 0.4) is 0 Å². The number of alkyl halides is 1. The first-order valence-corrected chi connectivity index (χ1v) is 5.05. The van der Waals surface area contributed by atoms with Crippen LogP contribution in [-0.2, 0) is 6.54 Å². The van der Waals surface area contributed by atoms with E-state index >= 15 is 0 Å². The lowest BCUT2D eigenvalue weighted by molar-refractivity contribution is 0.688. The summed E-state index contributed by atoms with van der Waals surface area (Å²) in [7, 11) is 0. The molecule has 0 aliphatic heterocycles. The lowest BCUT2D eigenvalue weighted by Crippen LogP contribution is -2.35. The molecule has 78 valence electrons. The summed E-state index contributed by atoms with van der Waals surface area (Å²) in [4.78, 5) is 25.9. The summed E-state index contributed by atoms with van der Waals surface area (Å²) >= 11 is 5.52. The number of aromatic amines is 1. The van der Waals surface area contributed by atoms with Crippen molar-refractivity contribution in [3.8, 4) is 0 Å². The second-order valence-corrected chi connectivity index (χ2v) is 3.50. The van der Waals surface area contributed by atoms with E-state index in [2.05, 4.69) is 4.98 Å². The summed E-state index contributed by atoms with van der Waals surface area (Å²) in [6.45, 7) is 0.223. The molecule has 2 rings (SSSR count). The number of hydrogen-bond acceptors (Lipinski definition) is 2. The SMILES string of the molecule is O=c1[nH]c2ccccc2c(=O)n1CCCl. The van der Waals surface area contributed by atoms with Gasteiger partial charge in [-0.25, -0.2) is 4.79 Å². The number of nitrogens with one attached hydrogen (secondary N) is 1. The molecule has 5 heteroatoms. The van der Waals surface area contributed by atoms with Crippen molar-refractivity contribution in [3.05, 3.63) is 45.1 Å². The van der Waals surface area contributed by atoms with E-state index in [-0.39, 0.29) is 18.0 Å². The van der Waals surface area contributed by atoms with Crippen LogP contribution in [0.5, 0.6) is 0 Å². The Labute approximate surface area is 90.1 Å². The van der Waals surface area contributed by atoms with E-state index in [0.717, 1.165) is 4.57 Å². The van der Waals surface area contributed by atoms with Crippen molar-refractivity contribution < 1.29 is 0 Å². The van der Waals surface area contributed by atoms with Gasteiger partial charge in [0, 0.05) is 12.4 Å². The monoisotopic (exact) mass is 224 g/mol. The van der Waals surface area contributed by atoms with Crippen molar-refractivity contribution in [2.24, 2.45) is 0 Å². The van der Waals surface area contributed by atoms with Crippen molar-refractivity contribution in [2.75, 3.05) is 5.88 Å². The van der Waals surface area contributed by atoms with Gasteiger partial charge in [-0.2, -0.15) is 0 Å². The molecule has 15 heavy (non-hydrogen) atoms. The minimum atomic E-state index is -0.417. The maximum absolute atomic E-state index is 11.8. The molecule has 1 heterocycles. The van der Waals surface area contributed by atoms with Gasteiger partial charge in [0.2, 0.25) is 0 Å². The summed E-state index contributed by atoms with van der Waals surface area (Å²) in [5.41, 5.74) is -0.160. The molecule has 0 saturated carbocycles. The van der Waals surface area contributed by atoms with Gasteiger partial charge in [0.1, 0.15) is 0 Å². The molecular formula is C10H9ClN2O2. The van der Waals surface area contributed by atoms with Gasteiger partial charge in [-0.1, -0.05) is 12.1 Å². The first-order valence-electron chi connectivity index (χ1n) is 4.52. The van der Waals surface area contributed by atoms with Gasteiger partial charge < -0.3 is 4.98 Å².